The molecule has 5 heterocycles. The zero-order valence-corrected chi connectivity index (χ0v) is 34.8. The highest BCUT2D eigenvalue weighted by atomic mass is 35.5. The van der Waals surface area contributed by atoms with E-state index < -0.39 is 35.1 Å². The Morgan fingerprint density at radius 1 is 0.918 bits per heavy atom. The number of carbonyl (C=O) groups is 5. The highest BCUT2D eigenvalue weighted by molar-refractivity contribution is 6.31. The highest BCUT2D eigenvalue weighted by Crippen LogP contribution is 2.37. The largest absolute Gasteiger partial charge is 0.490 e. The molecular weight excluding hydrogens is 803 g/mol. The Balaban J connectivity index is 0.791. The van der Waals surface area contributed by atoms with Gasteiger partial charge >= 0.3 is 0 Å². The number of nitrogens with zero attached hydrogens (tertiary/aromatic N) is 6. The molecule has 2 aromatic carbocycles. The van der Waals surface area contributed by atoms with Crippen molar-refractivity contribution in [2.45, 2.75) is 76.5 Å². The smallest absolute Gasteiger partial charge is 0.272 e. The summed E-state index contributed by atoms with van der Waals surface area (Å²) in [7, 11) is 0. The molecule has 3 aromatic rings. The predicted octanol–water partition coefficient (Wildman–Crippen LogP) is 5.29. The van der Waals surface area contributed by atoms with Gasteiger partial charge in [0.1, 0.15) is 17.6 Å². The molecule has 1 aromatic heterocycles. The van der Waals surface area contributed by atoms with Crippen LogP contribution in [-0.2, 0) is 9.59 Å². The number of likely N-dealkylation sites (tertiary alicyclic amines) is 1. The third-order valence-electron chi connectivity index (χ3n) is 13.1. The van der Waals surface area contributed by atoms with Gasteiger partial charge in [0.2, 0.25) is 11.8 Å². The van der Waals surface area contributed by atoms with E-state index in [0.29, 0.717) is 47.3 Å². The second-order valence-corrected chi connectivity index (χ2v) is 17.4. The number of benzene rings is 2. The van der Waals surface area contributed by atoms with Gasteiger partial charge < -0.3 is 19.9 Å². The van der Waals surface area contributed by atoms with Crippen LogP contribution in [0.3, 0.4) is 0 Å². The number of imide groups is 1. The summed E-state index contributed by atoms with van der Waals surface area (Å²) in [6.45, 7) is 9.90. The number of fused-ring (bicyclic) bond motifs is 1. The Kier molecular flexibility index (Phi) is 12.2. The molecule has 318 valence electrons. The first-order valence-corrected chi connectivity index (χ1v) is 21.4. The first-order chi connectivity index (χ1) is 29.3. The van der Waals surface area contributed by atoms with Crippen LogP contribution in [0.1, 0.15) is 95.1 Å². The van der Waals surface area contributed by atoms with E-state index in [9.17, 15) is 24.0 Å². The van der Waals surface area contributed by atoms with Crippen LogP contribution >= 0.6 is 11.6 Å². The summed E-state index contributed by atoms with van der Waals surface area (Å²) < 4.78 is 21.8. The Labute approximate surface area is 358 Å². The van der Waals surface area contributed by atoms with E-state index in [2.05, 4.69) is 37.2 Å². The molecule has 4 saturated heterocycles. The van der Waals surface area contributed by atoms with E-state index in [1.165, 1.54) is 13.0 Å². The summed E-state index contributed by atoms with van der Waals surface area (Å²) in [6.07, 6.45) is 4.93. The minimum absolute atomic E-state index is 0.00414. The molecule has 2 N–H and O–H groups in total. The fourth-order valence-electron chi connectivity index (χ4n) is 9.68. The van der Waals surface area contributed by atoms with Crippen molar-refractivity contribution in [3.8, 4) is 11.8 Å². The van der Waals surface area contributed by atoms with Crippen LogP contribution in [0.5, 0.6) is 5.75 Å². The fraction of sp³-hybridized carbons (Fsp3) is 0.467. The summed E-state index contributed by atoms with van der Waals surface area (Å²) in [4.78, 5) is 70.0. The quantitative estimate of drug-likeness (QED) is 0.145. The molecule has 8 rings (SSSR count). The molecule has 3 atom stereocenters. The summed E-state index contributed by atoms with van der Waals surface area (Å²) in [5, 5.41) is 23.5. The number of anilines is 2. The third kappa shape index (κ3) is 9.02. The van der Waals surface area contributed by atoms with Gasteiger partial charge in [-0.25, -0.2) is 4.39 Å². The van der Waals surface area contributed by atoms with Crippen LogP contribution in [0, 0.1) is 34.9 Å². The monoisotopic (exact) mass is 850 g/mol. The summed E-state index contributed by atoms with van der Waals surface area (Å²) in [5.74, 6) is -1.59. The number of piperidine rings is 2. The summed E-state index contributed by atoms with van der Waals surface area (Å²) in [6, 6.07) is 13.6. The van der Waals surface area contributed by atoms with Gasteiger partial charge in [0.25, 0.3) is 5.91 Å². The van der Waals surface area contributed by atoms with Gasteiger partial charge in [-0.15, -0.1) is 10.2 Å². The lowest BCUT2D eigenvalue weighted by molar-refractivity contribution is -0.135. The molecule has 3 amide bonds. The molecule has 0 radical (unpaired) electrons. The van der Waals surface area contributed by atoms with Crippen molar-refractivity contribution in [1.29, 1.82) is 5.26 Å². The molecule has 1 aliphatic carbocycles. The normalized spacial score (nSPS) is 24.5. The Hall–Kier alpha value is -5.72. The second-order valence-electron chi connectivity index (χ2n) is 17.0. The Morgan fingerprint density at radius 2 is 1.64 bits per heavy atom. The second kappa shape index (κ2) is 17.7. The van der Waals surface area contributed by atoms with Crippen molar-refractivity contribution >= 4 is 52.4 Å². The van der Waals surface area contributed by atoms with Crippen LogP contribution in [0.2, 0.25) is 5.02 Å². The van der Waals surface area contributed by atoms with Crippen LogP contribution < -0.4 is 25.2 Å². The molecule has 5 aliphatic rings. The van der Waals surface area contributed by atoms with Crippen LogP contribution in [-0.4, -0.2) is 102 Å². The molecular formula is C45H48ClFN8O6. The minimum atomic E-state index is -0.922. The standard InChI is InChI=1S/C45H48ClFN8O6/c1-25(34-9-12-42(57)50-44(34)59)43(58)36-18-38(47)40(19-35(36)26(2)56)53-15-13-31(14-16-53)54-21-28-23-55(24-29(28)22-54)41-11-10-39(51-52-41)45(60)49-30-4-7-32(8-5-30)61-33-6-3-27(20-48)37(46)17-33/h3,6,10-11,17-19,28-32,34H,1,4-5,7-9,12-16,21-24H2,2H3,(H,49,60)(H,50,57,59). The molecule has 14 nitrogen and oxygen atoms in total. The number of hydrogen-bond donors (Lipinski definition) is 2. The van der Waals surface area contributed by atoms with E-state index in [-0.39, 0.29) is 59.0 Å². The van der Waals surface area contributed by atoms with Gasteiger partial charge in [-0.1, -0.05) is 18.2 Å². The molecule has 1 saturated carbocycles. The maximum absolute atomic E-state index is 15.7. The zero-order chi connectivity index (χ0) is 42.9. The highest BCUT2D eigenvalue weighted by Gasteiger charge is 2.43. The number of hydrogen-bond acceptors (Lipinski definition) is 12. The van der Waals surface area contributed by atoms with Crippen molar-refractivity contribution in [2.75, 3.05) is 49.1 Å². The van der Waals surface area contributed by atoms with E-state index in [1.54, 1.807) is 24.3 Å². The van der Waals surface area contributed by atoms with Gasteiger partial charge in [-0.3, -0.25) is 34.2 Å². The molecule has 16 heteroatoms. The lowest BCUT2D eigenvalue weighted by Gasteiger charge is -2.38. The average Bonchev–Trinajstić information content (AvgIpc) is 3.84. The van der Waals surface area contributed by atoms with Gasteiger partial charge in [0.15, 0.2) is 23.1 Å². The number of carbonyl (C=O) groups excluding carboxylic acids is 5. The number of Topliss-reactive ketones (excluding diaryl/α,β-unsaturated/α-hetero) is 2. The number of nitriles is 1. The number of nitrogens with one attached hydrogen (secondary N) is 2. The lowest BCUT2D eigenvalue weighted by atomic mass is 9.85. The van der Waals surface area contributed by atoms with Crippen LogP contribution in [0.4, 0.5) is 15.9 Å². The van der Waals surface area contributed by atoms with Gasteiger partial charge in [0, 0.05) is 80.5 Å². The molecule has 0 spiro atoms. The summed E-state index contributed by atoms with van der Waals surface area (Å²) >= 11 is 6.15. The van der Waals surface area contributed by atoms with E-state index in [4.69, 9.17) is 21.6 Å². The third-order valence-corrected chi connectivity index (χ3v) is 13.4. The minimum Gasteiger partial charge on any atom is -0.490 e. The molecule has 61 heavy (non-hydrogen) atoms. The van der Waals surface area contributed by atoms with Crippen molar-refractivity contribution in [3.05, 3.63) is 87.8 Å². The Bertz CT molecular complexity index is 2290. The van der Waals surface area contributed by atoms with Gasteiger partial charge in [-0.05, 0) is 100 Å². The van der Waals surface area contributed by atoms with Crippen molar-refractivity contribution in [1.82, 2.24) is 25.7 Å². The number of ether oxygens (including phenoxy) is 1. The molecule has 3 unspecified atom stereocenters. The molecule has 5 fully saturated rings. The zero-order valence-electron chi connectivity index (χ0n) is 34.0. The number of aromatic nitrogens is 2. The van der Waals surface area contributed by atoms with Crippen molar-refractivity contribution in [2.24, 2.45) is 17.8 Å². The average molecular weight is 851 g/mol. The van der Waals surface area contributed by atoms with Gasteiger partial charge in [0.05, 0.1) is 28.3 Å². The van der Waals surface area contributed by atoms with Crippen LogP contribution in [0.15, 0.2) is 54.6 Å². The van der Waals surface area contributed by atoms with Crippen LogP contribution in [0.25, 0.3) is 0 Å². The van der Waals surface area contributed by atoms with Crippen molar-refractivity contribution < 1.29 is 33.1 Å². The van der Waals surface area contributed by atoms with Crippen molar-refractivity contribution in [3.63, 3.8) is 0 Å². The number of amides is 3. The molecule has 4 aliphatic heterocycles. The Morgan fingerprint density at radius 3 is 2.26 bits per heavy atom. The van der Waals surface area contributed by atoms with E-state index in [1.807, 2.05) is 17.0 Å². The topological polar surface area (TPSA) is 178 Å². The fourth-order valence-corrected chi connectivity index (χ4v) is 9.89. The summed E-state index contributed by atoms with van der Waals surface area (Å²) in [5.41, 5.74) is 0.829. The molecule has 0 bridgehead atoms. The number of rotatable bonds is 11. The first-order valence-electron chi connectivity index (χ1n) is 21.0. The van der Waals surface area contributed by atoms with E-state index in [0.717, 1.165) is 76.6 Å². The maximum Gasteiger partial charge on any atom is 0.272 e. The predicted molar refractivity (Wildman–Crippen MR) is 224 cm³/mol. The van der Waals surface area contributed by atoms with E-state index >= 15 is 4.39 Å². The SMILES string of the molecule is C=C(C(=O)c1cc(F)c(N2CCC(N3CC4CN(c5ccc(C(=O)NC6CCC(Oc7ccc(C#N)c(Cl)c7)CC6)nn5)CC4C3)CC2)cc1C(C)=O)C1CCC(=O)NC1=O. The number of halogens is 2. The number of ketones is 2. The first kappa shape index (κ1) is 42.0. The lowest BCUT2D eigenvalue weighted by Crippen LogP contribution is -2.45. The van der Waals surface area contributed by atoms with Gasteiger partial charge in [-0.2, -0.15) is 5.26 Å². The maximum atomic E-state index is 15.7.